The van der Waals surface area contributed by atoms with Crippen LogP contribution < -0.4 is 0 Å². The number of carbonyl (C=O) groups is 4. The van der Waals surface area contributed by atoms with E-state index in [1.165, 1.54) is 20.1 Å². The van der Waals surface area contributed by atoms with E-state index >= 15 is 0 Å². The molecule has 2 heterocycles. The first kappa shape index (κ1) is 28.3. The smallest absolute Gasteiger partial charge is 0.355 e. The molecular weight excluding hydrogens is 508 g/mol. The van der Waals surface area contributed by atoms with Crippen LogP contribution >= 0.6 is 0 Å². The zero-order valence-electron chi connectivity index (χ0n) is 23.3. The van der Waals surface area contributed by atoms with Gasteiger partial charge in [-0.05, 0) is 48.4 Å². The number of aromatic nitrogens is 1. The summed E-state index contributed by atoms with van der Waals surface area (Å²) in [6, 6.07) is 12.2. The molecule has 3 aromatic rings. The maximum atomic E-state index is 13.3. The van der Waals surface area contributed by atoms with E-state index in [9.17, 15) is 19.2 Å². The van der Waals surface area contributed by atoms with Crippen LogP contribution in [0.4, 0.5) is 0 Å². The molecule has 40 heavy (non-hydrogen) atoms. The molecule has 2 amide bonds. The van der Waals surface area contributed by atoms with Crippen LogP contribution in [0.3, 0.4) is 0 Å². The van der Waals surface area contributed by atoms with Gasteiger partial charge in [0.2, 0.25) is 0 Å². The molecule has 0 saturated carbocycles. The number of nitrogens with zero attached hydrogens (tertiary/aromatic N) is 1. The number of benzene rings is 2. The summed E-state index contributed by atoms with van der Waals surface area (Å²) in [6.07, 6.45) is 3.16. The van der Waals surface area contributed by atoms with E-state index in [0.29, 0.717) is 17.6 Å². The molecule has 0 unspecified atom stereocenters. The van der Waals surface area contributed by atoms with Gasteiger partial charge in [-0.3, -0.25) is 14.4 Å². The summed E-state index contributed by atoms with van der Waals surface area (Å²) in [5.74, 6) is -2.45. The summed E-state index contributed by atoms with van der Waals surface area (Å²) >= 11 is 0. The maximum absolute atomic E-state index is 13.3. The summed E-state index contributed by atoms with van der Waals surface area (Å²) in [4.78, 5) is 55.7. The summed E-state index contributed by atoms with van der Waals surface area (Å²) in [5.41, 5.74) is 3.30. The number of imide groups is 1. The summed E-state index contributed by atoms with van der Waals surface area (Å²) in [7, 11) is 1.20. The molecule has 4 rings (SSSR count). The lowest BCUT2D eigenvalue weighted by molar-refractivity contribution is -0.144. The number of aromatic amines is 1. The van der Waals surface area contributed by atoms with Crippen molar-refractivity contribution in [3.63, 3.8) is 0 Å². The molecule has 206 valence electrons. The van der Waals surface area contributed by atoms with E-state index in [1.807, 2.05) is 32.0 Å². The van der Waals surface area contributed by atoms with Gasteiger partial charge in [-0.2, -0.15) is 0 Å². The highest BCUT2D eigenvalue weighted by Crippen LogP contribution is 2.36. The summed E-state index contributed by atoms with van der Waals surface area (Å²) < 4.78 is 10.5. The Balaban J connectivity index is 1.93. The van der Waals surface area contributed by atoms with Crippen LogP contribution in [0.2, 0.25) is 0 Å². The minimum atomic E-state index is -0.834. The van der Waals surface area contributed by atoms with Gasteiger partial charge in [-0.15, -0.1) is 6.58 Å². The molecule has 1 aliphatic rings. The zero-order chi connectivity index (χ0) is 29.4. The van der Waals surface area contributed by atoms with Gasteiger partial charge in [0.1, 0.15) is 11.8 Å². The highest BCUT2D eigenvalue weighted by Gasteiger charge is 2.40. The second-order valence-electron chi connectivity index (χ2n) is 10.4. The first-order chi connectivity index (χ1) is 18.9. The number of ether oxygens (including phenoxy) is 2. The van der Waals surface area contributed by atoms with E-state index in [4.69, 9.17) is 9.47 Å². The monoisotopic (exact) mass is 540 g/mol. The SMILES string of the molecule is C=CC(C)(C)c1[nH]c2ccc(C[C@@H](OC(C)=O)C(=C)C)cc2c1/C=C(\C(=O)OC)N1C(=O)c2ccccc2C1=O. The first-order valence-corrected chi connectivity index (χ1v) is 12.8. The molecule has 1 N–H and O–H groups in total. The Kier molecular flexibility index (Phi) is 7.64. The topological polar surface area (TPSA) is 106 Å². The van der Waals surface area contributed by atoms with Crippen LogP contribution in [0, 0.1) is 0 Å². The van der Waals surface area contributed by atoms with Gasteiger partial charge in [0, 0.05) is 40.9 Å². The van der Waals surface area contributed by atoms with E-state index < -0.39 is 35.3 Å². The van der Waals surface area contributed by atoms with Crippen LogP contribution in [-0.2, 0) is 30.9 Å². The molecular formula is C32H32N2O6. The number of esters is 2. The number of nitrogens with one attached hydrogen (secondary N) is 1. The number of allylic oxidation sites excluding steroid dienone is 1. The van der Waals surface area contributed by atoms with Gasteiger partial charge in [-0.1, -0.05) is 44.7 Å². The molecule has 8 heteroatoms. The molecule has 0 spiro atoms. The van der Waals surface area contributed by atoms with Crippen LogP contribution in [0.25, 0.3) is 17.0 Å². The average Bonchev–Trinajstić information content (AvgIpc) is 3.41. The highest BCUT2D eigenvalue weighted by molar-refractivity contribution is 6.25. The summed E-state index contributed by atoms with van der Waals surface area (Å²) in [5, 5.41) is 0.740. The largest absolute Gasteiger partial charge is 0.464 e. The lowest BCUT2D eigenvalue weighted by Crippen LogP contribution is -2.33. The Morgan fingerprint density at radius 1 is 1.07 bits per heavy atom. The zero-order valence-corrected chi connectivity index (χ0v) is 23.3. The molecule has 8 nitrogen and oxygen atoms in total. The Labute approximate surface area is 233 Å². The fourth-order valence-corrected chi connectivity index (χ4v) is 4.74. The van der Waals surface area contributed by atoms with Crippen molar-refractivity contribution in [3.05, 3.63) is 101 Å². The second-order valence-corrected chi connectivity index (χ2v) is 10.4. The van der Waals surface area contributed by atoms with Gasteiger partial charge in [0.05, 0.1) is 18.2 Å². The third-order valence-electron chi connectivity index (χ3n) is 7.05. The Morgan fingerprint density at radius 3 is 2.23 bits per heavy atom. The molecule has 1 aromatic heterocycles. The van der Waals surface area contributed by atoms with Crippen molar-refractivity contribution in [1.29, 1.82) is 0 Å². The molecule has 0 saturated heterocycles. The Bertz CT molecular complexity index is 1570. The highest BCUT2D eigenvalue weighted by atomic mass is 16.5. The molecule has 2 aromatic carbocycles. The third kappa shape index (κ3) is 5.12. The fraction of sp³-hybridized carbons (Fsp3) is 0.250. The number of amides is 2. The predicted molar refractivity (Wildman–Crippen MR) is 153 cm³/mol. The van der Waals surface area contributed by atoms with Gasteiger partial charge < -0.3 is 14.5 Å². The molecule has 1 atom stereocenters. The van der Waals surface area contributed by atoms with Crippen LogP contribution in [-0.4, -0.2) is 46.9 Å². The number of rotatable bonds is 9. The first-order valence-electron chi connectivity index (χ1n) is 12.8. The number of hydrogen-bond acceptors (Lipinski definition) is 6. The number of H-pyrrole nitrogens is 1. The van der Waals surface area contributed by atoms with Crippen molar-refractivity contribution in [3.8, 4) is 0 Å². The molecule has 0 bridgehead atoms. The fourth-order valence-electron chi connectivity index (χ4n) is 4.74. The third-order valence-corrected chi connectivity index (χ3v) is 7.05. The molecule has 1 aliphatic heterocycles. The normalized spacial score (nSPS) is 14.2. The lowest BCUT2D eigenvalue weighted by Gasteiger charge is -2.21. The number of methoxy groups -OCH3 is 1. The molecule has 0 aliphatic carbocycles. The lowest BCUT2D eigenvalue weighted by atomic mass is 9.86. The van der Waals surface area contributed by atoms with Gasteiger partial charge in [-0.25, -0.2) is 9.69 Å². The molecule has 0 radical (unpaired) electrons. The minimum Gasteiger partial charge on any atom is -0.464 e. The van der Waals surface area contributed by atoms with Gasteiger partial charge in [0.25, 0.3) is 11.8 Å². The number of hydrogen-bond donors (Lipinski definition) is 1. The molecule has 0 fully saturated rings. The maximum Gasteiger partial charge on any atom is 0.355 e. The Hall–Kier alpha value is -4.72. The predicted octanol–water partition coefficient (Wildman–Crippen LogP) is 5.49. The Morgan fingerprint density at radius 2 is 1.70 bits per heavy atom. The van der Waals surface area contributed by atoms with Crippen LogP contribution in [0.1, 0.15) is 65.2 Å². The van der Waals surface area contributed by atoms with E-state index in [-0.39, 0.29) is 16.8 Å². The van der Waals surface area contributed by atoms with Gasteiger partial charge >= 0.3 is 11.9 Å². The van der Waals surface area contributed by atoms with E-state index in [1.54, 1.807) is 37.3 Å². The average molecular weight is 541 g/mol. The van der Waals surface area contributed by atoms with Crippen molar-refractivity contribution in [2.45, 2.75) is 45.6 Å². The minimum absolute atomic E-state index is 0.208. The van der Waals surface area contributed by atoms with Crippen molar-refractivity contribution in [1.82, 2.24) is 9.88 Å². The van der Waals surface area contributed by atoms with E-state index in [0.717, 1.165) is 27.1 Å². The van der Waals surface area contributed by atoms with Crippen LogP contribution in [0.5, 0.6) is 0 Å². The van der Waals surface area contributed by atoms with Crippen molar-refractivity contribution in [2.24, 2.45) is 0 Å². The van der Waals surface area contributed by atoms with Crippen molar-refractivity contribution in [2.75, 3.05) is 7.11 Å². The second kappa shape index (κ2) is 10.8. The number of carbonyl (C=O) groups excluding carboxylic acids is 4. The van der Waals surface area contributed by atoms with Crippen molar-refractivity contribution < 1.29 is 28.7 Å². The van der Waals surface area contributed by atoms with Crippen LogP contribution in [0.15, 0.2) is 73.0 Å². The quantitative estimate of drug-likeness (QED) is 0.166. The van der Waals surface area contributed by atoms with Gasteiger partial charge in [0.15, 0.2) is 0 Å². The standard InChI is InChI=1S/C32H32N2O6/c1-8-32(5,6)28-24(23-15-20(13-14-25(23)33-28)16-27(18(2)3)40-19(4)35)17-26(31(38)39-7)34-29(36)21-11-9-10-12-22(21)30(34)37/h8-15,17,27,33H,1-2,16H2,3-7H3/b26-17+/t27-/m1/s1. The van der Waals surface area contributed by atoms with Crippen molar-refractivity contribution >= 4 is 40.7 Å². The van der Waals surface area contributed by atoms with E-state index in [2.05, 4.69) is 18.1 Å². The summed E-state index contributed by atoms with van der Waals surface area (Å²) in [6.45, 7) is 15.0. The number of fused-ring (bicyclic) bond motifs is 2.